The monoisotopic (exact) mass is 481 g/mol. The predicted octanol–water partition coefficient (Wildman–Crippen LogP) is 6.85. The fourth-order valence-corrected chi connectivity index (χ4v) is 5.14. The van der Waals surface area contributed by atoms with Crippen molar-refractivity contribution in [3.05, 3.63) is 89.7 Å². The Balaban J connectivity index is 1.33. The van der Waals surface area contributed by atoms with Crippen LogP contribution >= 0.6 is 0 Å². The molecule has 1 aromatic heterocycles. The number of amides is 1. The van der Waals surface area contributed by atoms with E-state index in [0.29, 0.717) is 25.5 Å². The topological polar surface area (TPSA) is 47.4 Å². The van der Waals surface area contributed by atoms with Gasteiger partial charge in [0, 0.05) is 31.1 Å². The van der Waals surface area contributed by atoms with Crippen molar-refractivity contribution in [2.24, 2.45) is 0 Å². The van der Waals surface area contributed by atoms with E-state index in [9.17, 15) is 4.79 Å². The molecule has 3 aromatic carbocycles. The van der Waals surface area contributed by atoms with E-state index in [4.69, 9.17) is 9.72 Å². The van der Waals surface area contributed by atoms with E-state index < -0.39 is 0 Å². The van der Waals surface area contributed by atoms with E-state index in [1.807, 2.05) is 29.2 Å². The van der Waals surface area contributed by atoms with E-state index in [2.05, 4.69) is 73.9 Å². The van der Waals surface area contributed by atoms with Crippen molar-refractivity contribution in [2.45, 2.75) is 58.4 Å². The Bertz CT molecular complexity index is 1340. The third kappa shape index (κ3) is 4.88. The van der Waals surface area contributed by atoms with Crippen LogP contribution in [0.5, 0.6) is 5.75 Å². The predicted molar refractivity (Wildman–Crippen MR) is 146 cm³/mol. The number of para-hydroxylation sites is 3. The minimum Gasteiger partial charge on any atom is -0.493 e. The molecule has 5 nitrogen and oxygen atoms in total. The van der Waals surface area contributed by atoms with Crippen molar-refractivity contribution in [1.29, 1.82) is 0 Å². The summed E-state index contributed by atoms with van der Waals surface area (Å²) in [5.41, 5.74) is 5.53. The molecule has 5 rings (SSSR count). The fourth-order valence-electron chi connectivity index (χ4n) is 5.14. The molecule has 0 aliphatic carbocycles. The molecule has 2 atom stereocenters. The van der Waals surface area contributed by atoms with Crippen LogP contribution in [0.25, 0.3) is 11.0 Å². The highest BCUT2D eigenvalue weighted by molar-refractivity contribution is 5.96. The zero-order chi connectivity index (χ0) is 25.1. The maximum atomic E-state index is 13.0. The van der Waals surface area contributed by atoms with Gasteiger partial charge in [0.15, 0.2) is 0 Å². The lowest BCUT2D eigenvalue weighted by Crippen LogP contribution is -2.24. The van der Waals surface area contributed by atoms with E-state index in [-0.39, 0.29) is 11.8 Å². The van der Waals surface area contributed by atoms with Gasteiger partial charge in [0.1, 0.15) is 11.6 Å². The van der Waals surface area contributed by atoms with Gasteiger partial charge >= 0.3 is 0 Å². The van der Waals surface area contributed by atoms with Crippen LogP contribution in [-0.4, -0.2) is 28.6 Å². The van der Waals surface area contributed by atoms with Gasteiger partial charge < -0.3 is 14.2 Å². The zero-order valence-electron chi connectivity index (χ0n) is 21.5. The van der Waals surface area contributed by atoms with Gasteiger partial charge in [0.2, 0.25) is 5.91 Å². The SMILES string of the molecule is CCC(C)c1ccccc1OCCCn1c(C2CC(=O)N(c3ccc(C)cc3)C2)nc2ccccc21. The summed E-state index contributed by atoms with van der Waals surface area (Å²) in [6.07, 6.45) is 2.44. The number of imidazole rings is 1. The minimum atomic E-state index is 0.0678. The van der Waals surface area contributed by atoms with E-state index in [1.54, 1.807) is 0 Å². The number of rotatable bonds is 9. The Kier molecular flexibility index (Phi) is 7.08. The number of aryl methyl sites for hydroxylation is 2. The van der Waals surface area contributed by atoms with Crippen LogP contribution in [0.1, 0.15) is 61.9 Å². The zero-order valence-corrected chi connectivity index (χ0v) is 21.5. The average Bonchev–Trinajstić information content (AvgIpc) is 3.47. The smallest absolute Gasteiger partial charge is 0.227 e. The number of carbonyl (C=O) groups excluding carboxylic acids is 1. The molecule has 1 fully saturated rings. The third-order valence-corrected chi connectivity index (χ3v) is 7.37. The van der Waals surface area contributed by atoms with Gasteiger partial charge in [-0.2, -0.15) is 0 Å². The Morgan fingerprint density at radius 1 is 1.03 bits per heavy atom. The number of benzene rings is 3. The summed E-state index contributed by atoms with van der Waals surface area (Å²) < 4.78 is 8.54. The average molecular weight is 482 g/mol. The largest absolute Gasteiger partial charge is 0.493 e. The van der Waals surface area contributed by atoms with E-state index in [0.717, 1.165) is 47.7 Å². The lowest BCUT2D eigenvalue weighted by atomic mass is 9.98. The summed E-state index contributed by atoms with van der Waals surface area (Å²) in [6.45, 7) is 8.61. The van der Waals surface area contributed by atoms with Gasteiger partial charge in [-0.05, 0) is 61.6 Å². The van der Waals surface area contributed by atoms with Crippen LogP contribution < -0.4 is 9.64 Å². The van der Waals surface area contributed by atoms with E-state index >= 15 is 0 Å². The maximum absolute atomic E-state index is 13.0. The fraction of sp³-hybridized carbons (Fsp3) is 0.355. The highest BCUT2D eigenvalue weighted by Crippen LogP contribution is 2.34. The standard InChI is InChI=1S/C31H35N3O2/c1-4-23(3)26-10-5-8-13-29(26)36-19-9-18-33-28-12-7-6-11-27(28)32-31(33)24-20-30(35)34(21-24)25-16-14-22(2)15-17-25/h5-8,10-17,23-24H,4,9,18-21H2,1-3H3. The molecule has 1 amide bonds. The summed E-state index contributed by atoms with van der Waals surface area (Å²) in [5, 5.41) is 0. The molecule has 0 bridgehead atoms. The van der Waals surface area contributed by atoms with Crippen LogP contribution in [0.2, 0.25) is 0 Å². The summed E-state index contributed by atoms with van der Waals surface area (Å²) in [5.74, 6) is 2.68. The second-order valence-electron chi connectivity index (χ2n) is 9.90. The molecule has 1 aliphatic rings. The molecule has 0 saturated carbocycles. The normalized spacial score (nSPS) is 16.6. The molecule has 36 heavy (non-hydrogen) atoms. The first-order chi connectivity index (χ1) is 17.5. The molecule has 4 aromatic rings. The van der Waals surface area contributed by atoms with Crippen LogP contribution in [0, 0.1) is 6.92 Å². The number of hydrogen-bond acceptors (Lipinski definition) is 3. The molecular formula is C31H35N3O2. The van der Waals surface area contributed by atoms with Crippen LogP contribution in [0.15, 0.2) is 72.8 Å². The number of ether oxygens (including phenoxy) is 1. The Hall–Kier alpha value is -3.60. The Labute approximate surface area is 213 Å². The van der Waals surface area contributed by atoms with Crippen molar-refractivity contribution in [1.82, 2.24) is 9.55 Å². The molecule has 0 radical (unpaired) electrons. The number of carbonyl (C=O) groups is 1. The summed E-state index contributed by atoms with van der Waals surface area (Å²) in [4.78, 5) is 19.9. The van der Waals surface area contributed by atoms with Crippen molar-refractivity contribution >= 4 is 22.6 Å². The number of anilines is 1. The lowest BCUT2D eigenvalue weighted by molar-refractivity contribution is -0.117. The summed E-state index contributed by atoms with van der Waals surface area (Å²) >= 11 is 0. The Morgan fingerprint density at radius 2 is 1.78 bits per heavy atom. The number of aromatic nitrogens is 2. The van der Waals surface area contributed by atoms with Crippen molar-refractivity contribution in [2.75, 3.05) is 18.1 Å². The third-order valence-electron chi connectivity index (χ3n) is 7.37. The first kappa shape index (κ1) is 24.1. The van der Waals surface area contributed by atoms with Gasteiger partial charge in [-0.1, -0.05) is 61.9 Å². The van der Waals surface area contributed by atoms with Gasteiger partial charge in [0.25, 0.3) is 0 Å². The van der Waals surface area contributed by atoms with Gasteiger partial charge in [-0.3, -0.25) is 4.79 Å². The molecular weight excluding hydrogens is 446 g/mol. The molecule has 2 unspecified atom stereocenters. The number of hydrogen-bond donors (Lipinski definition) is 0. The molecule has 1 aliphatic heterocycles. The van der Waals surface area contributed by atoms with Crippen molar-refractivity contribution in [3.63, 3.8) is 0 Å². The molecule has 0 N–H and O–H groups in total. The van der Waals surface area contributed by atoms with Crippen LogP contribution in [0.4, 0.5) is 5.69 Å². The van der Waals surface area contributed by atoms with Crippen molar-refractivity contribution in [3.8, 4) is 5.75 Å². The molecule has 0 spiro atoms. The second kappa shape index (κ2) is 10.6. The lowest BCUT2D eigenvalue weighted by Gasteiger charge is -2.18. The maximum Gasteiger partial charge on any atom is 0.227 e. The van der Waals surface area contributed by atoms with Gasteiger partial charge in [0.05, 0.1) is 17.6 Å². The van der Waals surface area contributed by atoms with Crippen molar-refractivity contribution < 1.29 is 9.53 Å². The molecule has 1 saturated heterocycles. The first-order valence-corrected chi connectivity index (χ1v) is 13.1. The quantitative estimate of drug-likeness (QED) is 0.246. The second-order valence-corrected chi connectivity index (χ2v) is 9.90. The molecule has 2 heterocycles. The van der Waals surface area contributed by atoms with E-state index in [1.165, 1.54) is 11.1 Å². The summed E-state index contributed by atoms with van der Waals surface area (Å²) in [6, 6.07) is 24.8. The number of fused-ring (bicyclic) bond motifs is 1. The number of nitrogens with zero attached hydrogens (tertiary/aromatic N) is 3. The summed E-state index contributed by atoms with van der Waals surface area (Å²) in [7, 11) is 0. The highest BCUT2D eigenvalue weighted by atomic mass is 16.5. The molecule has 5 heteroatoms. The first-order valence-electron chi connectivity index (χ1n) is 13.1. The highest BCUT2D eigenvalue weighted by Gasteiger charge is 2.34. The van der Waals surface area contributed by atoms with Crippen LogP contribution in [0.3, 0.4) is 0 Å². The van der Waals surface area contributed by atoms with Gasteiger partial charge in [-0.15, -0.1) is 0 Å². The minimum absolute atomic E-state index is 0.0678. The van der Waals surface area contributed by atoms with Gasteiger partial charge in [-0.25, -0.2) is 4.98 Å². The molecule has 186 valence electrons. The van der Waals surface area contributed by atoms with Crippen LogP contribution in [-0.2, 0) is 11.3 Å². The Morgan fingerprint density at radius 3 is 2.58 bits per heavy atom.